The normalized spacial score (nSPS) is 16.8. The number of fused-ring (bicyclic) bond motifs is 7. The molecule has 1 aliphatic heterocycles. The number of oxazole rings is 1. The van der Waals surface area contributed by atoms with Crippen LogP contribution in [0.2, 0.25) is 0 Å². The van der Waals surface area contributed by atoms with Crippen LogP contribution in [0.3, 0.4) is 0 Å². The zero-order valence-electron chi connectivity index (χ0n) is 17.6. The third-order valence-electron chi connectivity index (χ3n) is 5.76. The Morgan fingerprint density at radius 2 is 1.81 bits per heavy atom. The van der Waals surface area contributed by atoms with E-state index in [1.165, 1.54) is 12.1 Å². The lowest BCUT2D eigenvalue weighted by atomic mass is 9.79. The average molecular weight is 465 g/mol. The van der Waals surface area contributed by atoms with Crippen molar-refractivity contribution < 1.29 is 27.8 Å². The lowest BCUT2D eigenvalue weighted by molar-refractivity contribution is 0.286. The van der Waals surface area contributed by atoms with Crippen molar-refractivity contribution in [2.75, 3.05) is 6.26 Å². The highest BCUT2D eigenvalue weighted by atomic mass is 32.2. The number of benzene rings is 2. The molecule has 0 atom stereocenters. The first-order chi connectivity index (χ1) is 15.1. The molecule has 3 aromatic rings. The summed E-state index contributed by atoms with van der Waals surface area (Å²) in [6, 6.07) is 9.63. The van der Waals surface area contributed by atoms with Crippen LogP contribution < -0.4 is 9.88 Å². The number of ether oxygens (including phenoxy) is 1. The number of hydrogen-bond donors (Lipinski definition) is 1. The fourth-order valence-electron chi connectivity index (χ4n) is 4.43. The van der Waals surface area contributed by atoms with E-state index in [4.69, 9.17) is 9.15 Å². The van der Waals surface area contributed by atoms with Crippen LogP contribution in [0.15, 0.2) is 47.1 Å². The van der Waals surface area contributed by atoms with Crippen LogP contribution in [0.25, 0.3) is 11.1 Å². The molecular weight excluding hydrogens is 438 g/mol. The molecule has 1 saturated carbocycles. The summed E-state index contributed by atoms with van der Waals surface area (Å²) < 4.78 is 59.4. The maximum atomic E-state index is 14.6. The van der Waals surface area contributed by atoms with Crippen molar-refractivity contribution in [3.05, 3.63) is 71.4 Å². The minimum atomic E-state index is -3.17. The number of sulfonamides is 1. The van der Waals surface area contributed by atoms with E-state index in [0.29, 0.717) is 22.7 Å². The maximum Gasteiger partial charge on any atom is 0.206 e. The monoisotopic (exact) mass is 464 g/mol. The first-order valence-corrected chi connectivity index (χ1v) is 12.2. The molecule has 0 radical (unpaired) electrons. The number of halogens is 2. The van der Waals surface area contributed by atoms with Crippen LogP contribution in [0.1, 0.15) is 44.3 Å². The van der Waals surface area contributed by atoms with Crippen molar-refractivity contribution in [2.45, 2.75) is 44.1 Å². The van der Waals surface area contributed by atoms with Crippen molar-refractivity contribution in [2.24, 2.45) is 5.14 Å². The van der Waals surface area contributed by atoms with Gasteiger partial charge >= 0.3 is 0 Å². The van der Waals surface area contributed by atoms with Crippen molar-refractivity contribution in [1.82, 2.24) is 4.98 Å². The molecule has 4 bridgehead atoms. The van der Waals surface area contributed by atoms with Crippen LogP contribution in [-0.4, -0.2) is 19.7 Å². The lowest BCUT2D eigenvalue weighted by Crippen LogP contribution is -2.26. The number of hydrogen-bond acceptors (Lipinski definition) is 5. The summed E-state index contributed by atoms with van der Waals surface area (Å²) in [6.45, 7) is 0.0782. The Bertz CT molecular complexity index is 1230. The Morgan fingerprint density at radius 3 is 2.53 bits per heavy atom. The van der Waals surface area contributed by atoms with Gasteiger partial charge in [-0.25, -0.2) is 27.3 Å². The van der Waals surface area contributed by atoms with E-state index in [-0.39, 0.29) is 25.0 Å². The second-order valence-electron chi connectivity index (χ2n) is 8.36. The highest BCUT2D eigenvalue weighted by molar-refractivity contribution is 7.88. The smallest absolute Gasteiger partial charge is 0.206 e. The Labute approximate surface area is 187 Å². The lowest BCUT2D eigenvalue weighted by Gasteiger charge is -2.26. The SMILES string of the molecule is CS(N)(=O)=O.Fc1ccc2cc1-c1cccc(F)c1OCc1coc(n1)C1(CCCC1)C2.[HH]. The van der Waals surface area contributed by atoms with Crippen molar-refractivity contribution in [3.63, 3.8) is 0 Å². The van der Waals surface area contributed by atoms with Gasteiger partial charge in [0.15, 0.2) is 11.6 Å². The zero-order chi connectivity index (χ0) is 22.9. The molecule has 1 aliphatic carbocycles. The van der Waals surface area contributed by atoms with Gasteiger partial charge in [-0.3, -0.25) is 0 Å². The molecule has 5 rings (SSSR count). The summed E-state index contributed by atoms with van der Waals surface area (Å²) in [6.07, 6.45) is 7.48. The summed E-state index contributed by atoms with van der Waals surface area (Å²) in [5.74, 6) is -0.166. The molecule has 6 nitrogen and oxygen atoms in total. The van der Waals surface area contributed by atoms with E-state index in [2.05, 4.69) is 10.1 Å². The second-order valence-corrected chi connectivity index (χ2v) is 10.0. The number of nitrogens with zero attached hydrogens (tertiary/aromatic N) is 1. The fraction of sp³-hybridized carbons (Fsp3) is 0.348. The molecular formula is C23H26F2N2O4S. The first-order valence-electron chi connectivity index (χ1n) is 10.3. The number of nitrogens with two attached hydrogens (primary N) is 1. The van der Waals surface area contributed by atoms with E-state index in [9.17, 15) is 17.2 Å². The van der Waals surface area contributed by atoms with Gasteiger partial charge in [0.2, 0.25) is 15.9 Å². The molecule has 9 heteroatoms. The van der Waals surface area contributed by atoms with Gasteiger partial charge in [-0.15, -0.1) is 0 Å². The van der Waals surface area contributed by atoms with Gasteiger partial charge in [0.25, 0.3) is 0 Å². The summed E-state index contributed by atoms with van der Waals surface area (Å²) in [5, 5.41) is 4.33. The highest BCUT2D eigenvalue weighted by Gasteiger charge is 2.40. The second kappa shape index (κ2) is 8.63. The quantitative estimate of drug-likeness (QED) is 0.520. The van der Waals surface area contributed by atoms with Crippen LogP contribution in [0, 0.1) is 11.6 Å². The van der Waals surface area contributed by atoms with Gasteiger partial charge in [0.1, 0.15) is 24.4 Å². The van der Waals surface area contributed by atoms with Gasteiger partial charge in [-0.2, -0.15) is 0 Å². The van der Waals surface area contributed by atoms with E-state index >= 15 is 0 Å². The predicted octanol–water partition coefficient (Wildman–Crippen LogP) is 4.72. The first kappa shape index (κ1) is 22.4. The molecule has 32 heavy (non-hydrogen) atoms. The van der Waals surface area contributed by atoms with Crippen LogP contribution in [0.4, 0.5) is 8.78 Å². The highest BCUT2D eigenvalue weighted by Crippen LogP contribution is 2.44. The average Bonchev–Trinajstić information content (AvgIpc) is 3.37. The van der Waals surface area contributed by atoms with Gasteiger partial charge in [-0.1, -0.05) is 31.0 Å². The molecule has 2 aromatic carbocycles. The molecule has 1 fully saturated rings. The largest absolute Gasteiger partial charge is 0.483 e. The summed E-state index contributed by atoms with van der Waals surface area (Å²) in [4.78, 5) is 4.65. The Kier molecular flexibility index (Phi) is 6.05. The van der Waals surface area contributed by atoms with E-state index in [0.717, 1.165) is 43.9 Å². The summed E-state index contributed by atoms with van der Waals surface area (Å²) in [5.41, 5.74) is 2.22. The van der Waals surface area contributed by atoms with Gasteiger partial charge in [-0.05, 0) is 43.0 Å². The van der Waals surface area contributed by atoms with Crippen molar-refractivity contribution in [3.8, 4) is 16.9 Å². The summed E-state index contributed by atoms with van der Waals surface area (Å²) >= 11 is 0. The molecule has 2 heterocycles. The minimum absolute atomic E-state index is 0. The van der Waals surface area contributed by atoms with Crippen LogP contribution in [0.5, 0.6) is 5.75 Å². The third kappa shape index (κ3) is 4.83. The zero-order valence-corrected chi connectivity index (χ0v) is 18.4. The molecule has 172 valence electrons. The number of rotatable bonds is 0. The number of primary sulfonamides is 1. The fourth-order valence-corrected chi connectivity index (χ4v) is 4.43. The maximum absolute atomic E-state index is 14.6. The predicted molar refractivity (Wildman–Crippen MR) is 118 cm³/mol. The van der Waals surface area contributed by atoms with Gasteiger partial charge in [0, 0.05) is 12.6 Å². The van der Waals surface area contributed by atoms with E-state index in [1.54, 1.807) is 24.5 Å². The molecule has 0 saturated heterocycles. The van der Waals surface area contributed by atoms with Crippen molar-refractivity contribution >= 4 is 10.0 Å². The van der Waals surface area contributed by atoms with E-state index in [1.807, 2.05) is 6.07 Å². The minimum Gasteiger partial charge on any atom is -0.483 e. The Morgan fingerprint density at radius 1 is 1.09 bits per heavy atom. The number of aromatic nitrogens is 1. The Balaban J connectivity index is 0.000000465. The molecule has 0 unspecified atom stereocenters. The third-order valence-corrected chi connectivity index (χ3v) is 5.76. The van der Waals surface area contributed by atoms with E-state index < -0.39 is 15.8 Å². The molecule has 0 amide bonds. The molecule has 1 aromatic heterocycles. The topological polar surface area (TPSA) is 95.4 Å². The molecule has 2 N–H and O–H groups in total. The number of para-hydroxylation sites is 1. The van der Waals surface area contributed by atoms with Gasteiger partial charge < -0.3 is 9.15 Å². The van der Waals surface area contributed by atoms with Crippen LogP contribution in [-0.2, 0) is 28.5 Å². The molecule has 1 spiro atoms. The van der Waals surface area contributed by atoms with Gasteiger partial charge in [0.05, 0.1) is 11.7 Å². The molecule has 2 aliphatic rings. The van der Waals surface area contributed by atoms with Crippen LogP contribution >= 0.6 is 0 Å². The summed E-state index contributed by atoms with van der Waals surface area (Å²) in [7, 11) is -3.17. The Hall–Kier alpha value is -2.78. The van der Waals surface area contributed by atoms with Crippen molar-refractivity contribution in [1.29, 1.82) is 0 Å². The standard InChI is InChI=1S/C22H19F2NO2.CH5NO2S.H2/c23-18-7-6-14-10-17(18)16-4-3-5-19(24)20(16)26-12-15-13-27-21(25-15)22(11-14)8-1-2-9-22;1-5(2,3)4;/h3-7,10,13H,1-2,8-9,11-12H2;1H3,(H2,2,3,4);1H.